The van der Waals surface area contributed by atoms with Crippen molar-refractivity contribution in [2.45, 2.75) is 78.3 Å². The summed E-state index contributed by atoms with van der Waals surface area (Å²) in [6.07, 6.45) is 7.64. The maximum absolute atomic E-state index is 12.4. The summed E-state index contributed by atoms with van der Waals surface area (Å²) in [6.45, 7) is 8.60. The van der Waals surface area contributed by atoms with Crippen LogP contribution in [0.25, 0.3) is 0 Å². The Morgan fingerprint density at radius 2 is 2.00 bits per heavy atom. The summed E-state index contributed by atoms with van der Waals surface area (Å²) in [5.74, 6) is 0.521. The van der Waals surface area contributed by atoms with Crippen LogP contribution in [0.1, 0.15) is 66.2 Å². The van der Waals surface area contributed by atoms with Gasteiger partial charge < -0.3 is 4.90 Å². The van der Waals surface area contributed by atoms with Gasteiger partial charge >= 0.3 is 0 Å². The first-order chi connectivity index (χ1) is 8.02. The monoisotopic (exact) mass is 237 g/mol. The van der Waals surface area contributed by atoms with Crippen LogP contribution in [0.2, 0.25) is 0 Å². The summed E-state index contributed by atoms with van der Waals surface area (Å²) in [5.41, 5.74) is 0.485. The number of carbonyl (C=O) groups is 1. The second-order valence-electron chi connectivity index (χ2n) is 6.41. The zero-order valence-electron chi connectivity index (χ0n) is 11.8. The van der Waals surface area contributed by atoms with Gasteiger partial charge in [0.05, 0.1) is 0 Å². The van der Waals surface area contributed by atoms with Crippen LogP contribution in [0.4, 0.5) is 0 Å². The maximum Gasteiger partial charge on any atom is 0.225 e. The van der Waals surface area contributed by atoms with E-state index >= 15 is 0 Å². The van der Waals surface area contributed by atoms with Gasteiger partial charge in [0, 0.05) is 18.0 Å². The fraction of sp³-hybridized carbons (Fsp3) is 0.933. The van der Waals surface area contributed by atoms with E-state index in [-0.39, 0.29) is 5.92 Å². The highest BCUT2D eigenvalue weighted by atomic mass is 16.2. The minimum absolute atomic E-state index is 0.144. The molecule has 1 aliphatic heterocycles. The quantitative estimate of drug-likeness (QED) is 0.734. The van der Waals surface area contributed by atoms with Crippen molar-refractivity contribution in [2.75, 3.05) is 0 Å². The van der Waals surface area contributed by atoms with Crippen LogP contribution in [-0.2, 0) is 4.79 Å². The summed E-state index contributed by atoms with van der Waals surface area (Å²) in [7, 11) is 0. The van der Waals surface area contributed by atoms with Crippen LogP contribution >= 0.6 is 0 Å². The predicted octanol–water partition coefficient (Wildman–Crippen LogP) is 3.60. The van der Waals surface area contributed by atoms with E-state index in [0.717, 1.165) is 0 Å². The number of carbonyl (C=O) groups excluding carboxylic acids is 1. The molecule has 0 aromatic heterocycles. The minimum atomic E-state index is 0.144. The summed E-state index contributed by atoms with van der Waals surface area (Å²) in [6, 6.07) is 0.985. The Bertz CT molecular complexity index is 293. The molecule has 1 saturated carbocycles. The number of rotatable bonds is 3. The van der Waals surface area contributed by atoms with Crippen molar-refractivity contribution in [3.63, 3.8) is 0 Å². The van der Waals surface area contributed by atoms with Crippen molar-refractivity contribution in [1.29, 1.82) is 0 Å². The van der Waals surface area contributed by atoms with Crippen LogP contribution in [0, 0.1) is 11.3 Å². The van der Waals surface area contributed by atoms with Crippen molar-refractivity contribution in [3.05, 3.63) is 0 Å². The standard InChI is InChI=1S/C15H27NO/c1-5-15(9-10-15)13-8-6-7-12(4)16(13)14(17)11(2)3/h11-13H,5-10H2,1-4H3. The van der Waals surface area contributed by atoms with Crippen LogP contribution in [0.15, 0.2) is 0 Å². The Morgan fingerprint density at radius 3 is 2.47 bits per heavy atom. The van der Waals surface area contributed by atoms with E-state index in [1.54, 1.807) is 0 Å². The van der Waals surface area contributed by atoms with E-state index in [2.05, 4.69) is 18.7 Å². The molecule has 2 atom stereocenters. The van der Waals surface area contributed by atoms with E-state index in [1.165, 1.54) is 38.5 Å². The van der Waals surface area contributed by atoms with E-state index in [9.17, 15) is 4.79 Å². The first kappa shape index (κ1) is 12.9. The highest BCUT2D eigenvalue weighted by Crippen LogP contribution is 2.56. The largest absolute Gasteiger partial charge is 0.336 e. The highest BCUT2D eigenvalue weighted by molar-refractivity contribution is 5.79. The van der Waals surface area contributed by atoms with Crippen LogP contribution in [-0.4, -0.2) is 22.9 Å². The number of amides is 1. The molecule has 2 aliphatic rings. The van der Waals surface area contributed by atoms with Gasteiger partial charge in [-0.15, -0.1) is 0 Å². The molecule has 1 saturated heterocycles. The fourth-order valence-electron chi connectivity index (χ4n) is 3.55. The minimum Gasteiger partial charge on any atom is -0.336 e. The lowest BCUT2D eigenvalue weighted by Crippen LogP contribution is -2.53. The van der Waals surface area contributed by atoms with Crippen molar-refractivity contribution in [3.8, 4) is 0 Å². The second kappa shape index (κ2) is 4.62. The van der Waals surface area contributed by atoms with Crippen molar-refractivity contribution in [2.24, 2.45) is 11.3 Å². The van der Waals surface area contributed by atoms with Crippen molar-refractivity contribution < 1.29 is 4.79 Å². The summed E-state index contributed by atoms with van der Waals surface area (Å²) >= 11 is 0. The van der Waals surface area contributed by atoms with Gasteiger partial charge in [0.2, 0.25) is 5.91 Å². The van der Waals surface area contributed by atoms with Gasteiger partial charge in [0.1, 0.15) is 0 Å². The molecule has 0 radical (unpaired) electrons. The van der Waals surface area contributed by atoms with Gasteiger partial charge in [-0.1, -0.05) is 20.8 Å². The molecule has 0 bridgehead atoms. The molecule has 0 N–H and O–H groups in total. The molecule has 2 nitrogen and oxygen atoms in total. The lowest BCUT2D eigenvalue weighted by Gasteiger charge is -2.45. The Morgan fingerprint density at radius 1 is 1.35 bits per heavy atom. The Hall–Kier alpha value is -0.530. The Labute approximate surface area is 106 Å². The van der Waals surface area contributed by atoms with Crippen LogP contribution in [0.5, 0.6) is 0 Å². The maximum atomic E-state index is 12.4. The van der Waals surface area contributed by atoms with Gasteiger partial charge in [-0.25, -0.2) is 0 Å². The number of hydrogen-bond acceptors (Lipinski definition) is 1. The molecule has 0 aromatic rings. The first-order valence-electron chi connectivity index (χ1n) is 7.34. The molecule has 0 spiro atoms. The molecule has 2 heteroatoms. The van der Waals surface area contributed by atoms with E-state index < -0.39 is 0 Å². The van der Waals surface area contributed by atoms with Gasteiger partial charge in [-0.05, 0) is 50.9 Å². The van der Waals surface area contributed by atoms with Crippen LogP contribution in [0.3, 0.4) is 0 Å². The van der Waals surface area contributed by atoms with E-state index in [1.807, 2.05) is 13.8 Å². The Kier molecular flexibility index (Phi) is 3.51. The zero-order valence-corrected chi connectivity index (χ0v) is 11.8. The third-order valence-electron chi connectivity index (χ3n) is 4.96. The summed E-state index contributed by atoms with van der Waals surface area (Å²) in [4.78, 5) is 14.7. The molecular weight excluding hydrogens is 210 g/mol. The van der Waals surface area contributed by atoms with E-state index in [0.29, 0.717) is 23.4 Å². The van der Waals surface area contributed by atoms with E-state index in [4.69, 9.17) is 0 Å². The number of hydrogen-bond donors (Lipinski definition) is 0. The second-order valence-corrected chi connectivity index (χ2v) is 6.41. The number of piperidine rings is 1. The number of likely N-dealkylation sites (tertiary alicyclic amines) is 1. The summed E-state index contributed by atoms with van der Waals surface area (Å²) < 4.78 is 0. The molecule has 98 valence electrons. The first-order valence-corrected chi connectivity index (χ1v) is 7.34. The lowest BCUT2D eigenvalue weighted by molar-refractivity contribution is -0.143. The zero-order chi connectivity index (χ0) is 12.6. The third kappa shape index (κ3) is 2.23. The molecule has 1 heterocycles. The smallest absolute Gasteiger partial charge is 0.225 e. The van der Waals surface area contributed by atoms with Crippen LogP contribution < -0.4 is 0 Å². The molecule has 2 rings (SSSR count). The predicted molar refractivity (Wildman–Crippen MR) is 70.7 cm³/mol. The van der Waals surface area contributed by atoms with Crippen molar-refractivity contribution in [1.82, 2.24) is 4.90 Å². The molecule has 1 aliphatic carbocycles. The highest BCUT2D eigenvalue weighted by Gasteiger charge is 2.52. The van der Waals surface area contributed by atoms with Gasteiger partial charge in [-0.3, -0.25) is 4.79 Å². The van der Waals surface area contributed by atoms with Gasteiger partial charge in [0.25, 0.3) is 0 Å². The molecule has 2 unspecified atom stereocenters. The lowest BCUT2D eigenvalue weighted by atomic mass is 9.83. The Balaban J connectivity index is 2.19. The fourth-order valence-corrected chi connectivity index (χ4v) is 3.55. The number of nitrogens with zero attached hydrogens (tertiary/aromatic N) is 1. The molecular formula is C15H27NO. The summed E-state index contributed by atoms with van der Waals surface area (Å²) in [5, 5.41) is 0. The SMILES string of the molecule is CCC1(C2CCCC(C)N2C(=O)C(C)C)CC1. The topological polar surface area (TPSA) is 20.3 Å². The third-order valence-corrected chi connectivity index (χ3v) is 4.96. The van der Waals surface area contributed by atoms with Gasteiger partial charge in [0.15, 0.2) is 0 Å². The molecule has 0 aromatic carbocycles. The average Bonchev–Trinajstić information content (AvgIpc) is 3.08. The van der Waals surface area contributed by atoms with Gasteiger partial charge in [-0.2, -0.15) is 0 Å². The molecule has 17 heavy (non-hydrogen) atoms. The molecule has 2 fully saturated rings. The average molecular weight is 237 g/mol. The van der Waals surface area contributed by atoms with Crippen molar-refractivity contribution >= 4 is 5.91 Å². The molecule has 1 amide bonds. The normalized spacial score (nSPS) is 31.7.